The summed E-state index contributed by atoms with van der Waals surface area (Å²) in [6.45, 7) is 0. The van der Waals surface area contributed by atoms with E-state index in [0.29, 0.717) is 0 Å². The number of carbonyl (C=O) groups excluding carboxylic acids is 4. The highest BCUT2D eigenvalue weighted by Gasteiger charge is 2.23. The summed E-state index contributed by atoms with van der Waals surface area (Å²) in [5.74, 6) is -0.695. The SMILES string of the molecule is C#Cc1cc(C(=O)C(=O)c2ccccc2)cc(C(=O)C(=O)c2ccccc2)c1. The van der Waals surface area contributed by atoms with Crippen LogP contribution >= 0.6 is 0 Å². The molecule has 4 heteroatoms. The molecule has 0 aliphatic rings. The van der Waals surface area contributed by atoms with Gasteiger partial charge in [-0.1, -0.05) is 66.6 Å². The van der Waals surface area contributed by atoms with Gasteiger partial charge in [-0.3, -0.25) is 19.2 Å². The van der Waals surface area contributed by atoms with Crippen LogP contribution in [0.4, 0.5) is 0 Å². The molecule has 0 N–H and O–H groups in total. The summed E-state index contributed by atoms with van der Waals surface area (Å²) < 4.78 is 0. The fourth-order valence-electron chi connectivity index (χ4n) is 2.68. The maximum absolute atomic E-state index is 12.6. The zero-order valence-electron chi connectivity index (χ0n) is 14.7. The lowest BCUT2D eigenvalue weighted by Crippen LogP contribution is -2.18. The monoisotopic (exact) mass is 366 g/mol. The summed E-state index contributed by atoms with van der Waals surface area (Å²) in [6.07, 6.45) is 5.42. The third kappa shape index (κ3) is 3.84. The smallest absolute Gasteiger partial charge is 0.233 e. The average molecular weight is 366 g/mol. The standard InChI is InChI=1S/C24H14O4/c1-2-16-13-19(23(27)21(25)17-9-5-3-6-10-17)15-20(14-16)24(28)22(26)18-11-7-4-8-12-18/h1,3-15H. The van der Waals surface area contributed by atoms with Gasteiger partial charge in [0.05, 0.1) is 0 Å². The number of hydrogen-bond acceptors (Lipinski definition) is 4. The third-order valence-corrected chi connectivity index (χ3v) is 4.11. The van der Waals surface area contributed by atoms with Crippen molar-refractivity contribution < 1.29 is 19.2 Å². The van der Waals surface area contributed by atoms with Crippen molar-refractivity contribution in [1.82, 2.24) is 0 Å². The molecular weight excluding hydrogens is 352 g/mol. The van der Waals surface area contributed by atoms with Gasteiger partial charge < -0.3 is 0 Å². The van der Waals surface area contributed by atoms with Gasteiger partial charge in [-0.15, -0.1) is 6.42 Å². The molecule has 0 aromatic heterocycles. The number of ketones is 4. The molecule has 0 saturated carbocycles. The zero-order valence-corrected chi connectivity index (χ0v) is 14.7. The number of Topliss-reactive ketones (excluding diaryl/α,β-unsaturated/α-hetero) is 4. The Morgan fingerprint density at radius 1 is 0.536 bits per heavy atom. The first-order valence-electron chi connectivity index (χ1n) is 8.41. The van der Waals surface area contributed by atoms with Gasteiger partial charge in [0.1, 0.15) is 0 Å². The number of rotatable bonds is 6. The topological polar surface area (TPSA) is 68.3 Å². The normalized spacial score (nSPS) is 9.96. The van der Waals surface area contributed by atoms with E-state index in [9.17, 15) is 19.2 Å². The molecule has 0 saturated heterocycles. The second kappa shape index (κ2) is 8.07. The molecule has 0 heterocycles. The molecule has 0 amide bonds. The Balaban J connectivity index is 1.98. The lowest BCUT2D eigenvalue weighted by Gasteiger charge is -2.06. The highest BCUT2D eigenvalue weighted by molar-refractivity contribution is 6.51. The van der Waals surface area contributed by atoms with Crippen molar-refractivity contribution in [3.05, 3.63) is 107 Å². The first-order valence-corrected chi connectivity index (χ1v) is 8.41. The number of hydrogen-bond donors (Lipinski definition) is 0. The fraction of sp³-hybridized carbons (Fsp3) is 0. The summed E-state index contributed by atoms with van der Waals surface area (Å²) in [6, 6.07) is 20.1. The second-order valence-electron chi connectivity index (χ2n) is 5.99. The Kier molecular flexibility index (Phi) is 5.38. The first kappa shape index (κ1) is 18.7. The van der Waals surface area contributed by atoms with E-state index in [1.54, 1.807) is 36.4 Å². The van der Waals surface area contributed by atoms with Gasteiger partial charge in [-0.05, 0) is 18.2 Å². The molecule has 0 aliphatic carbocycles. The van der Waals surface area contributed by atoms with Crippen molar-refractivity contribution >= 4 is 23.1 Å². The van der Waals surface area contributed by atoms with Gasteiger partial charge in [-0.25, -0.2) is 0 Å². The van der Waals surface area contributed by atoms with Gasteiger partial charge in [0, 0.05) is 27.8 Å². The van der Waals surface area contributed by atoms with Crippen LogP contribution in [-0.2, 0) is 0 Å². The molecule has 0 unspecified atom stereocenters. The van der Waals surface area contributed by atoms with Crippen LogP contribution in [0.2, 0.25) is 0 Å². The Hall–Kier alpha value is -4.10. The van der Waals surface area contributed by atoms with E-state index in [1.165, 1.54) is 42.5 Å². The lowest BCUT2D eigenvalue weighted by molar-refractivity contribution is 0.0812. The van der Waals surface area contributed by atoms with Crippen molar-refractivity contribution in [3.63, 3.8) is 0 Å². The van der Waals surface area contributed by atoms with E-state index >= 15 is 0 Å². The summed E-state index contributed by atoms with van der Waals surface area (Å²) >= 11 is 0. The fourth-order valence-corrected chi connectivity index (χ4v) is 2.68. The Morgan fingerprint density at radius 3 is 1.25 bits per heavy atom. The predicted octanol–water partition coefficient (Wildman–Crippen LogP) is 3.80. The highest BCUT2D eigenvalue weighted by Crippen LogP contribution is 2.16. The van der Waals surface area contributed by atoms with Crippen LogP contribution < -0.4 is 0 Å². The predicted molar refractivity (Wildman–Crippen MR) is 105 cm³/mol. The lowest BCUT2D eigenvalue weighted by atomic mass is 9.94. The largest absolute Gasteiger partial charge is 0.285 e. The molecule has 0 spiro atoms. The van der Waals surface area contributed by atoms with Gasteiger partial charge in [-0.2, -0.15) is 0 Å². The van der Waals surface area contributed by atoms with Crippen molar-refractivity contribution in [2.45, 2.75) is 0 Å². The first-order chi connectivity index (χ1) is 13.5. The Morgan fingerprint density at radius 2 is 0.893 bits per heavy atom. The van der Waals surface area contributed by atoms with Crippen LogP contribution in [0.25, 0.3) is 0 Å². The Labute approximate surface area is 161 Å². The molecule has 3 rings (SSSR count). The molecule has 0 bridgehead atoms. The van der Waals surface area contributed by atoms with Crippen molar-refractivity contribution in [1.29, 1.82) is 0 Å². The zero-order chi connectivity index (χ0) is 20.1. The maximum atomic E-state index is 12.6. The van der Waals surface area contributed by atoms with Gasteiger partial charge >= 0.3 is 0 Å². The summed E-state index contributed by atoms with van der Waals surface area (Å²) in [5.41, 5.74) is 0.622. The van der Waals surface area contributed by atoms with Crippen molar-refractivity contribution in [2.24, 2.45) is 0 Å². The molecular formula is C24H14O4. The molecule has 3 aromatic rings. The van der Waals surface area contributed by atoms with Crippen LogP contribution in [-0.4, -0.2) is 23.1 Å². The summed E-state index contributed by atoms with van der Waals surface area (Å²) in [7, 11) is 0. The molecule has 3 aromatic carbocycles. The van der Waals surface area contributed by atoms with E-state index in [4.69, 9.17) is 6.42 Å². The molecule has 0 atom stereocenters. The minimum absolute atomic E-state index is 0.0338. The molecule has 4 nitrogen and oxygen atoms in total. The molecule has 134 valence electrons. The van der Waals surface area contributed by atoms with E-state index in [0.717, 1.165) is 0 Å². The number of benzene rings is 3. The minimum Gasteiger partial charge on any atom is -0.285 e. The molecule has 0 fully saturated rings. The average Bonchev–Trinajstić information content (AvgIpc) is 2.77. The molecule has 0 radical (unpaired) electrons. The van der Waals surface area contributed by atoms with Crippen LogP contribution in [0.3, 0.4) is 0 Å². The van der Waals surface area contributed by atoms with Crippen LogP contribution in [0, 0.1) is 12.3 Å². The Bertz CT molecular complexity index is 1040. The van der Waals surface area contributed by atoms with Crippen molar-refractivity contribution in [2.75, 3.05) is 0 Å². The third-order valence-electron chi connectivity index (χ3n) is 4.11. The maximum Gasteiger partial charge on any atom is 0.233 e. The van der Waals surface area contributed by atoms with Crippen LogP contribution in [0.5, 0.6) is 0 Å². The summed E-state index contributed by atoms with van der Waals surface area (Å²) in [4.78, 5) is 50.1. The number of carbonyl (C=O) groups is 4. The van der Waals surface area contributed by atoms with Gasteiger partial charge in [0.2, 0.25) is 23.1 Å². The van der Waals surface area contributed by atoms with Gasteiger partial charge in [0.25, 0.3) is 0 Å². The second-order valence-corrected chi connectivity index (χ2v) is 5.99. The van der Waals surface area contributed by atoms with E-state index < -0.39 is 23.1 Å². The quantitative estimate of drug-likeness (QED) is 0.378. The van der Waals surface area contributed by atoms with E-state index in [2.05, 4.69) is 5.92 Å². The van der Waals surface area contributed by atoms with Crippen LogP contribution in [0.1, 0.15) is 47.0 Å². The highest BCUT2D eigenvalue weighted by atomic mass is 16.2. The van der Waals surface area contributed by atoms with Crippen molar-refractivity contribution in [3.8, 4) is 12.3 Å². The number of terminal acetylenes is 1. The minimum atomic E-state index is -0.801. The summed E-state index contributed by atoms with van der Waals surface area (Å²) in [5, 5.41) is 0. The van der Waals surface area contributed by atoms with Gasteiger partial charge in [0.15, 0.2) is 0 Å². The van der Waals surface area contributed by atoms with E-state index in [-0.39, 0.29) is 27.8 Å². The molecule has 0 aliphatic heterocycles. The molecule has 28 heavy (non-hydrogen) atoms. The van der Waals surface area contributed by atoms with E-state index in [1.807, 2.05) is 0 Å². The van der Waals surface area contributed by atoms with Crippen LogP contribution in [0.15, 0.2) is 78.9 Å².